The lowest BCUT2D eigenvalue weighted by molar-refractivity contribution is 0.243. The van der Waals surface area contributed by atoms with E-state index in [0.717, 1.165) is 42.6 Å². The fourth-order valence-electron chi connectivity index (χ4n) is 4.06. The summed E-state index contributed by atoms with van der Waals surface area (Å²) in [5.41, 5.74) is 19.7. The van der Waals surface area contributed by atoms with Gasteiger partial charge in [-0.05, 0) is 82.4 Å². The molecule has 1 heterocycles. The first-order chi connectivity index (χ1) is 21.6. The molecule has 3 aromatic rings. The number of carbonyl (C=O) groups is 1. The predicted octanol–water partition coefficient (Wildman–Crippen LogP) is 4.13. The second-order valence-corrected chi connectivity index (χ2v) is 13.1. The highest BCUT2D eigenvalue weighted by Gasteiger charge is 2.18. The Morgan fingerprint density at radius 1 is 1.02 bits per heavy atom. The third-order valence-corrected chi connectivity index (χ3v) is 6.39. The third kappa shape index (κ3) is 14.1. The molecule has 0 spiro atoms. The molecular weight excluding hydrogens is 582 g/mol. The first kappa shape index (κ1) is 37.8. The standard InChI is InChI=1S/C19H28N6O.C15H25N3O2/c1-19(2,3)17-24-12-15(16(26)25-17)14-7-5-13(6-8-14)11-22-9-4-10-23-18(20)21;1-11-6-7-13(20-9-5-8-16)12(10-11)17-14(19)18-15(2,3)4/h5-8,12,22H,4,9-11H2,1-3H3,(H4,20,21,23)(H,24,25,26);6-7,10H,5,8-9,16H2,1-4H3,(H2,17,18,19). The van der Waals surface area contributed by atoms with E-state index in [1.54, 1.807) is 6.20 Å². The fraction of sp³-hybridized carbons (Fsp3) is 0.471. The van der Waals surface area contributed by atoms with Crippen molar-refractivity contribution in [1.82, 2.24) is 20.6 Å². The zero-order valence-electron chi connectivity index (χ0n) is 28.4. The molecule has 0 aliphatic heterocycles. The largest absolute Gasteiger partial charge is 0.491 e. The van der Waals surface area contributed by atoms with Gasteiger partial charge in [0.2, 0.25) is 0 Å². The van der Waals surface area contributed by atoms with Gasteiger partial charge < -0.3 is 42.9 Å². The van der Waals surface area contributed by atoms with Gasteiger partial charge in [0.15, 0.2) is 5.96 Å². The minimum atomic E-state index is -0.283. The van der Waals surface area contributed by atoms with Crippen LogP contribution in [-0.2, 0) is 12.0 Å². The molecule has 0 aliphatic rings. The number of aryl methyl sites for hydroxylation is 1. The summed E-state index contributed by atoms with van der Waals surface area (Å²) in [4.78, 5) is 35.5. The number of hydrogen-bond donors (Lipinski definition) is 7. The summed E-state index contributed by atoms with van der Waals surface area (Å²) in [6, 6.07) is 13.4. The number of aliphatic imine (C=N–C) groups is 1. The van der Waals surface area contributed by atoms with Crippen molar-refractivity contribution in [2.24, 2.45) is 22.2 Å². The first-order valence-corrected chi connectivity index (χ1v) is 15.6. The number of anilines is 1. The van der Waals surface area contributed by atoms with Gasteiger partial charge >= 0.3 is 6.03 Å². The van der Waals surface area contributed by atoms with E-state index in [0.29, 0.717) is 42.5 Å². The van der Waals surface area contributed by atoms with E-state index in [2.05, 4.69) is 30.9 Å². The summed E-state index contributed by atoms with van der Waals surface area (Å²) >= 11 is 0. The molecule has 10 N–H and O–H groups in total. The number of nitrogens with two attached hydrogens (primary N) is 3. The topological polar surface area (TPSA) is 199 Å². The number of amides is 2. The summed E-state index contributed by atoms with van der Waals surface area (Å²) in [6.45, 7) is 17.1. The summed E-state index contributed by atoms with van der Waals surface area (Å²) in [7, 11) is 0. The zero-order chi connectivity index (χ0) is 34.3. The fourth-order valence-corrected chi connectivity index (χ4v) is 4.06. The maximum atomic E-state index is 12.4. The van der Waals surface area contributed by atoms with E-state index in [4.69, 9.17) is 21.9 Å². The Bertz CT molecular complexity index is 1470. The highest BCUT2D eigenvalue weighted by Crippen LogP contribution is 2.26. The number of benzene rings is 2. The maximum Gasteiger partial charge on any atom is 0.319 e. The van der Waals surface area contributed by atoms with Crippen LogP contribution in [0.5, 0.6) is 5.75 Å². The van der Waals surface area contributed by atoms with Crippen molar-refractivity contribution in [2.75, 3.05) is 31.6 Å². The minimum absolute atomic E-state index is 0.115. The third-order valence-electron chi connectivity index (χ3n) is 6.39. The number of guanidine groups is 1. The highest BCUT2D eigenvalue weighted by molar-refractivity contribution is 5.91. The van der Waals surface area contributed by atoms with Crippen molar-refractivity contribution in [3.63, 3.8) is 0 Å². The number of H-pyrrole nitrogens is 1. The number of nitrogens with one attached hydrogen (secondary N) is 4. The Morgan fingerprint density at radius 3 is 2.30 bits per heavy atom. The van der Waals surface area contributed by atoms with Crippen molar-refractivity contribution < 1.29 is 9.53 Å². The SMILES string of the molecule is CC(C)(C)c1ncc(-c2ccc(CNCCCN=C(N)N)cc2)c(=O)[nH]1.Cc1ccc(OCCCN)c(NC(=O)NC(C)(C)C)c1. The van der Waals surface area contributed by atoms with Gasteiger partial charge in [0.1, 0.15) is 11.6 Å². The minimum Gasteiger partial charge on any atom is -0.491 e. The molecule has 0 saturated carbocycles. The number of aromatic amines is 1. The van der Waals surface area contributed by atoms with E-state index in [1.165, 1.54) is 0 Å². The molecule has 0 bridgehead atoms. The summed E-state index contributed by atoms with van der Waals surface area (Å²) in [6.07, 6.45) is 3.30. The van der Waals surface area contributed by atoms with Crippen LogP contribution in [0, 0.1) is 6.92 Å². The van der Waals surface area contributed by atoms with Gasteiger partial charge in [-0.3, -0.25) is 9.79 Å². The van der Waals surface area contributed by atoms with Crippen LogP contribution in [0.3, 0.4) is 0 Å². The Morgan fingerprint density at radius 2 is 1.72 bits per heavy atom. The van der Waals surface area contributed by atoms with Crippen molar-refractivity contribution in [3.8, 4) is 16.9 Å². The monoisotopic (exact) mass is 635 g/mol. The van der Waals surface area contributed by atoms with Gasteiger partial charge in [-0.25, -0.2) is 9.78 Å². The highest BCUT2D eigenvalue weighted by atomic mass is 16.5. The Kier molecular flexibility index (Phi) is 14.7. The molecule has 0 unspecified atom stereocenters. The van der Waals surface area contributed by atoms with Crippen molar-refractivity contribution >= 4 is 17.7 Å². The number of ether oxygens (including phenoxy) is 1. The van der Waals surface area contributed by atoms with E-state index in [9.17, 15) is 9.59 Å². The van der Waals surface area contributed by atoms with E-state index in [1.807, 2.05) is 90.9 Å². The van der Waals surface area contributed by atoms with Gasteiger partial charge in [-0.1, -0.05) is 51.1 Å². The number of nitrogens with zero attached hydrogens (tertiary/aromatic N) is 2. The zero-order valence-corrected chi connectivity index (χ0v) is 28.4. The molecule has 0 atom stereocenters. The second-order valence-electron chi connectivity index (χ2n) is 13.1. The smallest absolute Gasteiger partial charge is 0.319 e. The predicted molar refractivity (Wildman–Crippen MR) is 188 cm³/mol. The molecule has 12 nitrogen and oxygen atoms in total. The number of hydrogen-bond acceptors (Lipinski definition) is 7. The van der Waals surface area contributed by atoms with Crippen LogP contribution in [0.4, 0.5) is 10.5 Å². The van der Waals surface area contributed by atoms with Gasteiger partial charge in [0.25, 0.3) is 5.56 Å². The molecule has 0 saturated heterocycles. The van der Waals surface area contributed by atoms with Crippen LogP contribution in [0.25, 0.3) is 11.1 Å². The molecule has 3 rings (SSSR count). The van der Waals surface area contributed by atoms with Crippen LogP contribution in [0.2, 0.25) is 0 Å². The van der Waals surface area contributed by atoms with Crippen molar-refractivity contribution in [2.45, 2.75) is 78.8 Å². The molecule has 252 valence electrons. The molecule has 1 aromatic heterocycles. The van der Waals surface area contributed by atoms with Crippen LogP contribution in [-0.4, -0.2) is 53.7 Å². The molecular formula is C34H53N9O3. The Hall–Kier alpha value is -4.42. The Labute approximate surface area is 273 Å². The number of urea groups is 1. The molecule has 0 fully saturated rings. The number of rotatable bonds is 12. The van der Waals surface area contributed by atoms with Gasteiger partial charge in [0.05, 0.1) is 17.9 Å². The van der Waals surface area contributed by atoms with Crippen LogP contribution < -0.4 is 43.4 Å². The Balaban J connectivity index is 0.000000332. The molecule has 0 radical (unpaired) electrons. The normalized spacial score (nSPS) is 11.2. The van der Waals surface area contributed by atoms with Crippen LogP contribution in [0.15, 0.2) is 58.4 Å². The molecule has 0 aliphatic carbocycles. The lowest BCUT2D eigenvalue weighted by Crippen LogP contribution is -2.43. The summed E-state index contributed by atoms with van der Waals surface area (Å²) in [5.74, 6) is 1.47. The second kappa shape index (κ2) is 17.9. The molecule has 2 amide bonds. The van der Waals surface area contributed by atoms with Crippen LogP contribution in [0.1, 0.15) is 71.3 Å². The van der Waals surface area contributed by atoms with Gasteiger partial charge in [-0.2, -0.15) is 0 Å². The van der Waals surface area contributed by atoms with Crippen molar-refractivity contribution in [1.29, 1.82) is 0 Å². The summed E-state index contributed by atoms with van der Waals surface area (Å²) < 4.78 is 5.64. The van der Waals surface area contributed by atoms with E-state index in [-0.39, 0.29) is 28.5 Å². The van der Waals surface area contributed by atoms with Crippen molar-refractivity contribution in [3.05, 3.63) is 76.0 Å². The molecule has 46 heavy (non-hydrogen) atoms. The first-order valence-electron chi connectivity index (χ1n) is 15.6. The van der Waals surface area contributed by atoms with E-state index < -0.39 is 0 Å². The van der Waals surface area contributed by atoms with Gasteiger partial charge in [-0.15, -0.1) is 0 Å². The number of carbonyl (C=O) groups excluding carboxylic acids is 1. The van der Waals surface area contributed by atoms with Gasteiger partial charge in [0, 0.05) is 30.2 Å². The van der Waals surface area contributed by atoms with E-state index >= 15 is 0 Å². The number of aromatic nitrogens is 2. The lowest BCUT2D eigenvalue weighted by atomic mass is 9.95. The average Bonchev–Trinajstić information content (AvgIpc) is 2.95. The maximum absolute atomic E-state index is 12.4. The molecule has 12 heteroatoms. The lowest BCUT2D eigenvalue weighted by Gasteiger charge is -2.21. The average molecular weight is 636 g/mol. The quantitative estimate of drug-likeness (QED) is 0.0875. The summed E-state index contributed by atoms with van der Waals surface area (Å²) in [5, 5.41) is 9.02. The van der Waals surface area contributed by atoms with Crippen LogP contribution >= 0.6 is 0 Å². The molecule has 2 aromatic carbocycles.